The van der Waals surface area contributed by atoms with Gasteiger partial charge in [-0.3, -0.25) is 0 Å². The van der Waals surface area contributed by atoms with Crippen molar-refractivity contribution >= 4 is 22.2 Å². The Balaban J connectivity index is 1.48. The van der Waals surface area contributed by atoms with Gasteiger partial charge in [-0.1, -0.05) is 36.4 Å². The zero-order chi connectivity index (χ0) is 21.1. The Morgan fingerprint density at radius 2 is 1.77 bits per heavy atom. The zero-order valence-electron chi connectivity index (χ0n) is 17.5. The van der Waals surface area contributed by atoms with Crippen LogP contribution in [0.2, 0.25) is 0 Å². The van der Waals surface area contributed by atoms with Gasteiger partial charge in [-0.15, -0.1) is 0 Å². The molecule has 1 aliphatic heterocycles. The lowest BCUT2D eigenvalue weighted by molar-refractivity contribution is 0.620. The van der Waals surface area contributed by atoms with E-state index in [0.717, 1.165) is 54.3 Å². The smallest absolute Gasteiger partial charge is 0.124 e. The molecular formula is C25H27FN2OS. The molecule has 30 heavy (non-hydrogen) atoms. The number of nitrogens with zero attached hydrogens (tertiary/aromatic N) is 1. The molecule has 3 aromatic carbocycles. The summed E-state index contributed by atoms with van der Waals surface area (Å²) in [7, 11) is -1.37. The van der Waals surface area contributed by atoms with Crippen molar-refractivity contribution in [1.29, 1.82) is 0 Å². The van der Waals surface area contributed by atoms with Crippen LogP contribution in [0.5, 0.6) is 0 Å². The molecule has 4 rings (SSSR count). The van der Waals surface area contributed by atoms with Gasteiger partial charge >= 0.3 is 0 Å². The number of hydrogen-bond acceptors (Lipinski definition) is 3. The van der Waals surface area contributed by atoms with Crippen molar-refractivity contribution in [1.82, 2.24) is 5.32 Å². The van der Waals surface area contributed by atoms with Crippen LogP contribution in [0.1, 0.15) is 23.1 Å². The SMILES string of the molecule is Cc1ccc2c(c1C)N(CCCNCCc1ccccc1)c1ccc(F)cc1S2=O. The van der Waals surface area contributed by atoms with Crippen LogP contribution in [0, 0.1) is 19.7 Å². The molecule has 0 saturated heterocycles. The minimum atomic E-state index is -1.37. The first kappa shape index (κ1) is 20.8. The zero-order valence-corrected chi connectivity index (χ0v) is 18.3. The summed E-state index contributed by atoms with van der Waals surface area (Å²) in [5.41, 5.74) is 5.49. The van der Waals surface area contributed by atoms with Crippen molar-refractivity contribution < 1.29 is 8.60 Å². The summed E-state index contributed by atoms with van der Waals surface area (Å²) in [5, 5.41) is 3.52. The fraction of sp³-hybridized carbons (Fsp3) is 0.280. The van der Waals surface area contributed by atoms with Gasteiger partial charge in [-0.2, -0.15) is 0 Å². The first-order valence-corrected chi connectivity index (χ1v) is 11.5. The van der Waals surface area contributed by atoms with Crippen LogP contribution in [-0.4, -0.2) is 23.8 Å². The van der Waals surface area contributed by atoms with Crippen LogP contribution in [0.15, 0.2) is 70.5 Å². The Labute approximate surface area is 180 Å². The molecule has 1 N–H and O–H groups in total. The van der Waals surface area contributed by atoms with Gasteiger partial charge in [0, 0.05) is 6.54 Å². The molecular weight excluding hydrogens is 395 g/mol. The largest absolute Gasteiger partial charge is 0.339 e. The van der Waals surface area contributed by atoms with Crippen molar-refractivity contribution in [3.8, 4) is 0 Å². The Morgan fingerprint density at radius 1 is 0.967 bits per heavy atom. The Morgan fingerprint density at radius 3 is 2.57 bits per heavy atom. The highest BCUT2D eigenvalue weighted by Gasteiger charge is 2.30. The molecule has 0 radical (unpaired) electrons. The van der Waals surface area contributed by atoms with Gasteiger partial charge in [0.05, 0.1) is 32.0 Å². The predicted molar refractivity (Wildman–Crippen MR) is 122 cm³/mol. The summed E-state index contributed by atoms with van der Waals surface area (Å²) in [6, 6.07) is 19.0. The van der Waals surface area contributed by atoms with Gasteiger partial charge in [-0.05, 0) is 80.7 Å². The van der Waals surface area contributed by atoms with E-state index >= 15 is 0 Å². The molecule has 0 aliphatic carbocycles. The predicted octanol–water partition coefficient (Wildman–Crippen LogP) is 5.28. The lowest BCUT2D eigenvalue weighted by Crippen LogP contribution is -2.29. The lowest BCUT2D eigenvalue weighted by Gasteiger charge is -2.34. The van der Waals surface area contributed by atoms with Crippen molar-refractivity contribution in [3.63, 3.8) is 0 Å². The first-order valence-electron chi connectivity index (χ1n) is 10.4. The van der Waals surface area contributed by atoms with Crippen LogP contribution in [0.4, 0.5) is 15.8 Å². The van der Waals surface area contributed by atoms with E-state index in [2.05, 4.69) is 48.3 Å². The van der Waals surface area contributed by atoms with Gasteiger partial charge in [0.25, 0.3) is 0 Å². The summed E-state index contributed by atoms with van der Waals surface area (Å²) in [4.78, 5) is 3.54. The van der Waals surface area contributed by atoms with E-state index in [1.165, 1.54) is 23.3 Å². The molecule has 0 fully saturated rings. The third kappa shape index (κ3) is 4.18. The number of aryl methyl sites for hydroxylation is 1. The number of nitrogens with one attached hydrogen (secondary N) is 1. The molecule has 1 atom stereocenters. The number of rotatable bonds is 7. The number of anilines is 2. The second kappa shape index (κ2) is 9.11. The molecule has 0 spiro atoms. The molecule has 3 nitrogen and oxygen atoms in total. The molecule has 156 valence electrons. The van der Waals surface area contributed by atoms with E-state index in [-0.39, 0.29) is 5.82 Å². The van der Waals surface area contributed by atoms with E-state index in [1.54, 1.807) is 6.07 Å². The maximum absolute atomic E-state index is 13.9. The van der Waals surface area contributed by atoms with Crippen LogP contribution >= 0.6 is 0 Å². The lowest BCUT2D eigenvalue weighted by atomic mass is 10.1. The van der Waals surface area contributed by atoms with E-state index in [1.807, 2.05) is 18.2 Å². The van der Waals surface area contributed by atoms with Gasteiger partial charge in [0.15, 0.2) is 0 Å². The number of halogens is 1. The van der Waals surface area contributed by atoms with Crippen molar-refractivity contribution in [2.45, 2.75) is 36.5 Å². The van der Waals surface area contributed by atoms with Gasteiger partial charge < -0.3 is 10.2 Å². The number of hydrogen-bond donors (Lipinski definition) is 1. The maximum Gasteiger partial charge on any atom is 0.124 e. The molecule has 1 aliphatic rings. The van der Waals surface area contributed by atoms with Crippen molar-refractivity contribution in [2.24, 2.45) is 0 Å². The third-order valence-electron chi connectivity index (χ3n) is 5.72. The fourth-order valence-corrected chi connectivity index (χ4v) is 5.41. The van der Waals surface area contributed by atoms with Crippen LogP contribution in [-0.2, 0) is 17.2 Å². The molecule has 5 heteroatoms. The van der Waals surface area contributed by atoms with Crippen LogP contribution < -0.4 is 10.2 Å². The van der Waals surface area contributed by atoms with Gasteiger partial charge in [-0.25, -0.2) is 8.60 Å². The topological polar surface area (TPSA) is 32.3 Å². The highest BCUT2D eigenvalue weighted by Crippen LogP contribution is 2.44. The quantitative estimate of drug-likeness (QED) is 0.526. The Bertz CT molecular complexity index is 1070. The Hall–Kier alpha value is -2.50. The molecule has 0 aromatic heterocycles. The summed E-state index contributed by atoms with van der Waals surface area (Å²) >= 11 is 0. The van der Waals surface area contributed by atoms with E-state index in [9.17, 15) is 8.60 Å². The van der Waals surface area contributed by atoms with Crippen molar-refractivity contribution in [2.75, 3.05) is 24.5 Å². The highest BCUT2D eigenvalue weighted by molar-refractivity contribution is 7.85. The molecule has 0 amide bonds. The average Bonchev–Trinajstić information content (AvgIpc) is 2.76. The van der Waals surface area contributed by atoms with E-state index < -0.39 is 10.8 Å². The maximum atomic E-state index is 13.9. The van der Waals surface area contributed by atoms with E-state index in [0.29, 0.717) is 4.90 Å². The normalized spacial score (nSPS) is 15.0. The highest BCUT2D eigenvalue weighted by atomic mass is 32.2. The standard InChI is InChI=1S/C25H27FN2OS/c1-18-9-12-23-25(19(18)2)28(22-11-10-21(26)17-24(22)30(23)29)16-6-14-27-15-13-20-7-4-3-5-8-20/h3-5,7-12,17,27H,6,13-16H2,1-2H3. The molecule has 1 unspecified atom stereocenters. The summed E-state index contributed by atoms with van der Waals surface area (Å²) in [6.45, 7) is 6.76. The second-order valence-electron chi connectivity index (χ2n) is 7.73. The minimum absolute atomic E-state index is 0.350. The molecule has 0 saturated carbocycles. The molecule has 1 heterocycles. The number of benzene rings is 3. The fourth-order valence-electron chi connectivity index (χ4n) is 3.96. The minimum Gasteiger partial charge on any atom is -0.339 e. The van der Waals surface area contributed by atoms with Crippen LogP contribution in [0.3, 0.4) is 0 Å². The van der Waals surface area contributed by atoms with Gasteiger partial charge in [0.1, 0.15) is 5.82 Å². The van der Waals surface area contributed by atoms with Crippen molar-refractivity contribution in [3.05, 3.63) is 83.2 Å². The summed E-state index contributed by atoms with van der Waals surface area (Å²) in [6.07, 6.45) is 1.94. The summed E-state index contributed by atoms with van der Waals surface area (Å²) in [5.74, 6) is -0.350. The third-order valence-corrected chi connectivity index (χ3v) is 7.17. The second-order valence-corrected chi connectivity index (χ2v) is 9.14. The molecule has 0 bridgehead atoms. The van der Waals surface area contributed by atoms with Crippen LogP contribution in [0.25, 0.3) is 0 Å². The molecule has 3 aromatic rings. The van der Waals surface area contributed by atoms with Gasteiger partial charge in [0.2, 0.25) is 0 Å². The monoisotopic (exact) mass is 422 g/mol. The average molecular weight is 423 g/mol. The summed E-state index contributed by atoms with van der Waals surface area (Å²) < 4.78 is 27.0. The number of fused-ring (bicyclic) bond motifs is 2. The van der Waals surface area contributed by atoms with E-state index in [4.69, 9.17) is 0 Å². The first-order chi connectivity index (χ1) is 14.6. The Kier molecular flexibility index (Phi) is 6.30.